The lowest BCUT2D eigenvalue weighted by atomic mass is 10.1. The average Bonchev–Trinajstić information content (AvgIpc) is 2.17. The number of hydrogen-bond donors (Lipinski definition) is 1. The minimum atomic E-state index is -2.67. The number of aliphatic hydroxyl groups excluding tert-OH is 1. The second-order valence-electron chi connectivity index (χ2n) is 2.55. The molecule has 0 amide bonds. The van der Waals surface area contributed by atoms with Crippen molar-refractivity contribution >= 4 is 27.5 Å². The number of aromatic nitrogens is 1. The van der Waals surface area contributed by atoms with Crippen LogP contribution in [0.15, 0.2) is 6.20 Å². The van der Waals surface area contributed by atoms with E-state index in [9.17, 15) is 8.78 Å². The Kier molecular flexibility index (Phi) is 4.22. The molecular weight excluding hydrogens is 279 g/mol. The predicted molar refractivity (Wildman–Crippen MR) is 52.8 cm³/mol. The number of rotatable bonds is 3. The molecule has 1 aromatic rings. The molecule has 14 heavy (non-hydrogen) atoms. The molecule has 0 unspecified atom stereocenters. The molecule has 2 nitrogen and oxygen atoms in total. The molecule has 0 aliphatic carbocycles. The molecule has 0 bridgehead atoms. The van der Waals surface area contributed by atoms with Gasteiger partial charge in [-0.2, -0.15) is 0 Å². The smallest absolute Gasteiger partial charge is 0.265 e. The molecule has 0 saturated heterocycles. The fraction of sp³-hybridized carbons (Fsp3) is 0.375. The summed E-state index contributed by atoms with van der Waals surface area (Å²) in [5.41, 5.74) is 0.174. The summed E-state index contributed by atoms with van der Waals surface area (Å²) in [7, 11) is 0. The van der Waals surface area contributed by atoms with E-state index in [1.807, 2.05) is 0 Å². The monoisotopic (exact) mass is 285 g/mol. The van der Waals surface area contributed by atoms with Gasteiger partial charge >= 0.3 is 0 Å². The first-order chi connectivity index (χ1) is 6.61. The third-order valence-electron chi connectivity index (χ3n) is 1.75. The van der Waals surface area contributed by atoms with Crippen LogP contribution in [0.4, 0.5) is 8.78 Å². The zero-order chi connectivity index (χ0) is 10.7. The van der Waals surface area contributed by atoms with Gasteiger partial charge in [0.1, 0.15) is 0 Å². The van der Waals surface area contributed by atoms with E-state index >= 15 is 0 Å². The molecule has 1 rings (SSSR count). The summed E-state index contributed by atoms with van der Waals surface area (Å²) in [6.45, 7) is -0.513. The van der Waals surface area contributed by atoms with E-state index in [4.69, 9.17) is 16.7 Å². The quantitative estimate of drug-likeness (QED) is 0.866. The fourth-order valence-corrected chi connectivity index (χ4v) is 1.90. The standard InChI is InChI=1S/C8H7BrClF2NO/c9-1-6-7(10)5(3-14)4(2-13-6)8(11)12/h2,8,14H,1,3H2. The van der Waals surface area contributed by atoms with E-state index in [0.29, 0.717) is 11.0 Å². The summed E-state index contributed by atoms with van der Waals surface area (Å²) < 4.78 is 24.8. The average molecular weight is 287 g/mol. The maximum Gasteiger partial charge on any atom is 0.265 e. The van der Waals surface area contributed by atoms with Crippen LogP contribution in [0.1, 0.15) is 23.2 Å². The van der Waals surface area contributed by atoms with Gasteiger partial charge in [-0.05, 0) is 0 Å². The van der Waals surface area contributed by atoms with E-state index < -0.39 is 13.0 Å². The van der Waals surface area contributed by atoms with E-state index in [-0.39, 0.29) is 16.1 Å². The van der Waals surface area contributed by atoms with E-state index in [0.717, 1.165) is 6.20 Å². The van der Waals surface area contributed by atoms with Crippen LogP contribution in [0.5, 0.6) is 0 Å². The normalized spacial score (nSPS) is 11.0. The van der Waals surface area contributed by atoms with Gasteiger partial charge < -0.3 is 5.11 Å². The number of hydrogen-bond acceptors (Lipinski definition) is 2. The van der Waals surface area contributed by atoms with Crippen molar-refractivity contribution in [2.75, 3.05) is 0 Å². The lowest BCUT2D eigenvalue weighted by Crippen LogP contribution is -2.01. The SMILES string of the molecule is OCc1c(C(F)F)cnc(CBr)c1Cl. The molecule has 0 aliphatic rings. The third kappa shape index (κ3) is 2.21. The highest BCUT2D eigenvalue weighted by atomic mass is 79.9. The Labute approximate surface area is 93.0 Å². The van der Waals surface area contributed by atoms with E-state index in [2.05, 4.69) is 20.9 Å². The first-order valence-corrected chi connectivity index (χ1v) is 5.22. The predicted octanol–water partition coefficient (Wildman–Crippen LogP) is 3.06. The number of alkyl halides is 3. The molecule has 6 heteroatoms. The highest BCUT2D eigenvalue weighted by Gasteiger charge is 2.18. The highest BCUT2D eigenvalue weighted by molar-refractivity contribution is 9.08. The summed E-state index contributed by atoms with van der Waals surface area (Å²) in [5.74, 6) is 0. The molecule has 0 spiro atoms. The van der Waals surface area contributed by atoms with Crippen molar-refractivity contribution in [3.8, 4) is 0 Å². The van der Waals surface area contributed by atoms with E-state index in [1.165, 1.54) is 0 Å². The topological polar surface area (TPSA) is 33.1 Å². The number of halogens is 4. The van der Waals surface area contributed by atoms with Crippen molar-refractivity contribution < 1.29 is 13.9 Å². The van der Waals surface area contributed by atoms with Crippen molar-refractivity contribution in [1.29, 1.82) is 0 Å². The third-order valence-corrected chi connectivity index (χ3v) is 2.72. The van der Waals surface area contributed by atoms with Crippen molar-refractivity contribution in [1.82, 2.24) is 4.98 Å². The van der Waals surface area contributed by atoms with Gasteiger partial charge in [-0.3, -0.25) is 4.98 Å². The number of aliphatic hydroxyl groups is 1. The molecule has 0 atom stereocenters. The Morgan fingerprint density at radius 1 is 1.57 bits per heavy atom. The molecule has 78 valence electrons. The molecule has 1 N–H and O–H groups in total. The zero-order valence-corrected chi connectivity index (χ0v) is 9.32. The summed E-state index contributed by atoms with van der Waals surface area (Å²) in [6, 6.07) is 0. The zero-order valence-electron chi connectivity index (χ0n) is 6.98. The van der Waals surface area contributed by atoms with Crippen LogP contribution < -0.4 is 0 Å². The maximum atomic E-state index is 12.4. The van der Waals surface area contributed by atoms with Crippen LogP contribution in [-0.4, -0.2) is 10.1 Å². The van der Waals surface area contributed by atoms with E-state index in [1.54, 1.807) is 0 Å². The van der Waals surface area contributed by atoms with Gasteiger partial charge in [0.05, 0.1) is 17.3 Å². The van der Waals surface area contributed by atoms with Gasteiger partial charge in [0.25, 0.3) is 6.43 Å². The maximum absolute atomic E-state index is 12.4. The molecular formula is C8H7BrClF2NO. The first-order valence-electron chi connectivity index (χ1n) is 3.73. The van der Waals surface area contributed by atoms with Crippen LogP contribution in [0.3, 0.4) is 0 Å². The summed E-state index contributed by atoms with van der Waals surface area (Å²) >= 11 is 8.89. The van der Waals surface area contributed by atoms with Crippen molar-refractivity contribution in [2.45, 2.75) is 18.4 Å². The van der Waals surface area contributed by atoms with Gasteiger partial charge in [-0.15, -0.1) is 0 Å². The van der Waals surface area contributed by atoms with Crippen LogP contribution in [0.25, 0.3) is 0 Å². The van der Waals surface area contributed by atoms with Gasteiger partial charge in [0.15, 0.2) is 0 Å². The molecule has 0 aromatic carbocycles. The van der Waals surface area contributed by atoms with Crippen molar-refractivity contribution in [2.24, 2.45) is 0 Å². The Bertz CT molecular complexity index is 335. The Morgan fingerprint density at radius 3 is 2.64 bits per heavy atom. The number of nitrogens with zero attached hydrogens (tertiary/aromatic N) is 1. The van der Waals surface area contributed by atoms with Gasteiger partial charge in [0, 0.05) is 22.7 Å². The van der Waals surface area contributed by atoms with Crippen LogP contribution in [-0.2, 0) is 11.9 Å². The lowest BCUT2D eigenvalue weighted by molar-refractivity contribution is 0.146. The highest BCUT2D eigenvalue weighted by Crippen LogP contribution is 2.30. The Balaban J connectivity index is 3.28. The molecule has 1 aromatic heterocycles. The summed E-state index contributed by atoms with van der Waals surface area (Å²) in [4.78, 5) is 3.76. The number of pyridine rings is 1. The molecule has 0 saturated carbocycles. The minimum Gasteiger partial charge on any atom is -0.392 e. The summed E-state index contributed by atoms with van der Waals surface area (Å²) in [5, 5.41) is 9.37. The lowest BCUT2D eigenvalue weighted by Gasteiger charge is -2.10. The molecule has 0 aliphatic heterocycles. The largest absolute Gasteiger partial charge is 0.392 e. The minimum absolute atomic E-state index is 0.0473. The van der Waals surface area contributed by atoms with Gasteiger partial charge in [-0.1, -0.05) is 27.5 Å². The van der Waals surface area contributed by atoms with Crippen LogP contribution in [0, 0.1) is 0 Å². The first kappa shape index (κ1) is 11.8. The van der Waals surface area contributed by atoms with Crippen LogP contribution in [0.2, 0.25) is 5.02 Å². The Hall–Kier alpha value is -0.260. The van der Waals surface area contributed by atoms with Crippen molar-refractivity contribution in [3.63, 3.8) is 0 Å². The van der Waals surface area contributed by atoms with Gasteiger partial charge in [0.2, 0.25) is 0 Å². The second kappa shape index (κ2) is 5.00. The molecule has 1 heterocycles. The van der Waals surface area contributed by atoms with Gasteiger partial charge in [-0.25, -0.2) is 8.78 Å². The van der Waals surface area contributed by atoms with Crippen molar-refractivity contribution in [3.05, 3.63) is 28.0 Å². The molecule has 0 fully saturated rings. The fourth-order valence-electron chi connectivity index (χ4n) is 1.02. The molecule has 0 radical (unpaired) electrons. The Morgan fingerprint density at radius 2 is 2.21 bits per heavy atom. The second-order valence-corrected chi connectivity index (χ2v) is 3.48. The van der Waals surface area contributed by atoms with Crippen LogP contribution >= 0.6 is 27.5 Å². The summed E-state index contributed by atoms with van der Waals surface area (Å²) in [6.07, 6.45) is -1.63.